The van der Waals surface area contributed by atoms with Gasteiger partial charge in [-0.05, 0) is 19.1 Å². The number of hydrogen-bond acceptors (Lipinski definition) is 4. The molecule has 0 saturated heterocycles. The van der Waals surface area contributed by atoms with Crippen molar-refractivity contribution in [1.29, 1.82) is 0 Å². The van der Waals surface area contributed by atoms with E-state index in [0.29, 0.717) is 5.92 Å². The zero-order valence-electron chi connectivity index (χ0n) is 11.0. The summed E-state index contributed by atoms with van der Waals surface area (Å²) in [5.74, 6) is 0.334. The van der Waals surface area contributed by atoms with Crippen molar-refractivity contribution in [3.63, 3.8) is 0 Å². The lowest BCUT2D eigenvalue weighted by molar-refractivity contribution is 0.586. The molecule has 3 heterocycles. The molecule has 7 heteroatoms. The average Bonchev–Trinajstić information content (AvgIpc) is 3.02. The van der Waals surface area contributed by atoms with Crippen molar-refractivity contribution in [3.05, 3.63) is 27.0 Å². The van der Waals surface area contributed by atoms with Crippen LogP contribution in [-0.4, -0.2) is 24.3 Å². The molecular formula is C12H15N5S2. The third-order valence-electron chi connectivity index (χ3n) is 3.25. The Balaban J connectivity index is 2.05. The highest BCUT2D eigenvalue weighted by Crippen LogP contribution is 2.23. The van der Waals surface area contributed by atoms with Crippen LogP contribution in [0.15, 0.2) is 11.6 Å². The van der Waals surface area contributed by atoms with Gasteiger partial charge in [0.25, 0.3) is 0 Å². The first-order chi connectivity index (χ1) is 9.08. The van der Waals surface area contributed by atoms with Gasteiger partial charge in [0, 0.05) is 31.1 Å². The molecule has 0 bridgehead atoms. The molecule has 3 aromatic rings. The normalized spacial score (nSPS) is 13.2. The fourth-order valence-corrected chi connectivity index (χ4v) is 3.32. The van der Waals surface area contributed by atoms with E-state index >= 15 is 0 Å². The van der Waals surface area contributed by atoms with Gasteiger partial charge < -0.3 is 9.55 Å². The maximum Gasteiger partial charge on any atom is 0.179 e. The van der Waals surface area contributed by atoms with Gasteiger partial charge >= 0.3 is 0 Å². The fraction of sp³-hybridized carbons (Fsp3) is 0.417. The van der Waals surface area contributed by atoms with Gasteiger partial charge in [0.05, 0.1) is 10.7 Å². The number of aromatic amines is 1. The second-order valence-electron chi connectivity index (χ2n) is 4.72. The minimum atomic E-state index is 0.334. The molecule has 19 heavy (non-hydrogen) atoms. The molecule has 3 rings (SSSR count). The Kier molecular flexibility index (Phi) is 3.02. The molecule has 1 unspecified atom stereocenters. The molecule has 0 radical (unpaired) electrons. The second kappa shape index (κ2) is 4.57. The monoisotopic (exact) mass is 293 g/mol. The fourth-order valence-electron chi connectivity index (χ4n) is 2.37. The zero-order valence-corrected chi connectivity index (χ0v) is 12.7. The standard InChI is InChI=1S/C12H15N5S2/c1-7(10-13-4-5-19-10)6-17-11-9(14-12(17)18)8(2)15-16(11)3/h4-5,7H,6H2,1-3H3,(H,14,18). The van der Waals surface area contributed by atoms with Crippen LogP contribution in [0.25, 0.3) is 11.2 Å². The molecule has 0 spiro atoms. The van der Waals surface area contributed by atoms with Crippen LogP contribution < -0.4 is 0 Å². The topological polar surface area (TPSA) is 51.4 Å². The summed E-state index contributed by atoms with van der Waals surface area (Å²) in [4.78, 5) is 7.62. The van der Waals surface area contributed by atoms with Crippen molar-refractivity contribution in [2.45, 2.75) is 26.3 Å². The first-order valence-corrected chi connectivity index (χ1v) is 7.38. The molecular weight excluding hydrogens is 278 g/mol. The lowest BCUT2D eigenvalue weighted by Gasteiger charge is -2.10. The van der Waals surface area contributed by atoms with Crippen molar-refractivity contribution in [2.24, 2.45) is 7.05 Å². The van der Waals surface area contributed by atoms with Crippen LogP contribution in [0.2, 0.25) is 0 Å². The van der Waals surface area contributed by atoms with Gasteiger partial charge in [-0.25, -0.2) is 4.98 Å². The molecule has 1 atom stereocenters. The van der Waals surface area contributed by atoms with E-state index in [9.17, 15) is 0 Å². The minimum absolute atomic E-state index is 0.334. The molecule has 0 aliphatic carbocycles. The summed E-state index contributed by atoms with van der Waals surface area (Å²) in [6.07, 6.45) is 1.84. The average molecular weight is 293 g/mol. The predicted octanol–water partition coefficient (Wildman–Crippen LogP) is 3.00. The van der Waals surface area contributed by atoms with Gasteiger partial charge in [-0.2, -0.15) is 5.10 Å². The third-order valence-corrected chi connectivity index (χ3v) is 4.58. The SMILES string of the molecule is Cc1nn(C)c2c1[nH]c(=S)n2CC(C)c1nccs1. The highest BCUT2D eigenvalue weighted by Gasteiger charge is 2.16. The van der Waals surface area contributed by atoms with Gasteiger partial charge in [-0.3, -0.25) is 4.68 Å². The minimum Gasteiger partial charge on any atom is -0.328 e. The van der Waals surface area contributed by atoms with Crippen LogP contribution >= 0.6 is 23.6 Å². The lowest BCUT2D eigenvalue weighted by atomic mass is 10.2. The smallest absolute Gasteiger partial charge is 0.179 e. The lowest BCUT2D eigenvalue weighted by Crippen LogP contribution is -2.08. The largest absolute Gasteiger partial charge is 0.328 e. The van der Waals surface area contributed by atoms with Crippen LogP contribution in [0.5, 0.6) is 0 Å². The first-order valence-electron chi connectivity index (χ1n) is 6.09. The van der Waals surface area contributed by atoms with E-state index in [0.717, 1.165) is 33.2 Å². The number of imidazole rings is 1. The number of nitrogens with one attached hydrogen (secondary N) is 1. The van der Waals surface area contributed by atoms with E-state index in [-0.39, 0.29) is 0 Å². The van der Waals surface area contributed by atoms with Crippen LogP contribution in [0, 0.1) is 11.7 Å². The summed E-state index contributed by atoms with van der Waals surface area (Å²) < 4.78 is 4.73. The summed E-state index contributed by atoms with van der Waals surface area (Å²) in [6.45, 7) is 4.97. The molecule has 100 valence electrons. The number of fused-ring (bicyclic) bond motifs is 1. The molecule has 0 amide bonds. The quantitative estimate of drug-likeness (QED) is 0.755. The van der Waals surface area contributed by atoms with Crippen LogP contribution in [-0.2, 0) is 13.6 Å². The molecule has 5 nitrogen and oxygen atoms in total. The molecule has 0 aliphatic rings. The molecule has 3 aromatic heterocycles. The summed E-state index contributed by atoms with van der Waals surface area (Å²) in [6, 6.07) is 0. The van der Waals surface area contributed by atoms with Crippen molar-refractivity contribution in [2.75, 3.05) is 0 Å². The van der Waals surface area contributed by atoms with E-state index in [2.05, 4.69) is 26.6 Å². The van der Waals surface area contributed by atoms with Crippen LogP contribution in [0.3, 0.4) is 0 Å². The maximum atomic E-state index is 5.42. The highest BCUT2D eigenvalue weighted by atomic mass is 32.1. The Hall–Kier alpha value is -1.47. The van der Waals surface area contributed by atoms with Crippen LogP contribution in [0.4, 0.5) is 0 Å². The van der Waals surface area contributed by atoms with E-state index in [4.69, 9.17) is 12.2 Å². The first kappa shape index (κ1) is 12.6. The molecule has 0 aromatic carbocycles. The number of thiazole rings is 1. The highest BCUT2D eigenvalue weighted by molar-refractivity contribution is 7.71. The Morgan fingerprint density at radius 1 is 1.53 bits per heavy atom. The summed E-state index contributed by atoms with van der Waals surface area (Å²) in [5.41, 5.74) is 3.05. The van der Waals surface area contributed by atoms with Gasteiger partial charge in [-0.15, -0.1) is 11.3 Å². The van der Waals surface area contributed by atoms with Gasteiger partial charge in [0.15, 0.2) is 10.4 Å². The Labute approximate surface area is 119 Å². The van der Waals surface area contributed by atoms with E-state index in [1.54, 1.807) is 11.3 Å². The Morgan fingerprint density at radius 2 is 2.32 bits per heavy atom. The third kappa shape index (κ3) is 2.02. The molecule has 0 fully saturated rings. The number of hydrogen-bond donors (Lipinski definition) is 1. The van der Waals surface area contributed by atoms with E-state index in [1.807, 2.05) is 30.2 Å². The molecule has 0 aliphatic heterocycles. The number of aryl methyl sites for hydroxylation is 2. The van der Waals surface area contributed by atoms with Gasteiger partial charge in [0.2, 0.25) is 0 Å². The van der Waals surface area contributed by atoms with Gasteiger partial charge in [-0.1, -0.05) is 6.92 Å². The number of nitrogens with zero attached hydrogens (tertiary/aromatic N) is 4. The van der Waals surface area contributed by atoms with Crippen molar-refractivity contribution < 1.29 is 0 Å². The summed E-state index contributed by atoms with van der Waals surface area (Å²) in [5, 5.41) is 7.57. The van der Waals surface area contributed by atoms with Crippen molar-refractivity contribution >= 4 is 34.7 Å². The zero-order chi connectivity index (χ0) is 13.6. The predicted molar refractivity (Wildman–Crippen MR) is 79.2 cm³/mol. The summed E-state index contributed by atoms with van der Waals surface area (Å²) in [7, 11) is 1.95. The van der Waals surface area contributed by atoms with Crippen molar-refractivity contribution in [1.82, 2.24) is 24.3 Å². The Morgan fingerprint density at radius 3 is 3.00 bits per heavy atom. The van der Waals surface area contributed by atoms with E-state index in [1.165, 1.54) is 0 Å². The number of aromatic nitrogens is 5. The maximum absolute atomic E-state index is 5.42. The van der Waals surface area contributed by atoms with Crippen molar-refractivity contribution in [3.8, 4) is 0 Å². The number of H-pyrrole nitrogens is 1. The van der Waals surface area contributed by atoms with Crippen LogP contribution in [0.1, 0.15) is 23.5 Å². The summed E-state index contributed by atoms with van der Waals surface area (Å²) >= 11 is 7.11. The molecule has 1 N–H and O–H groups in total. The van der Waals surface area contributed by atoms with E-state index < -0.39 is 0 Å². The molecule has 0 saturated carbocycles. The second-order valence-corrected chi connectivity index (χ2v) is 6.03. The van der Waals surface area contributed by atoms with Gasteiger partial charge in [0.1, 0.15) is 5.52 Å². The number of rotatable bonds is 3. The Bertz CT molecular complexity index is 762.